The number of halogens is 1. The molecule has 2 rings (SSSR count). The second kappa shape index (κ2) is 4.49. The van der Waals surface area contributed by atoms with Crippen LogP contribution in [0.5, 0.6) is 0 Å². The number of benzene rings is 1. The van der Waals surface area contributed by atoms with Crippen molar-refractivity contribution in [3.05, 3.63) is 42.0 Å². The topological polar surface area (TPSA) is 34.9 Å². The largest absolute Gasteiger partial charge is 0.331 e. The number of aromatic nitrogens is 2. The number of aryl methyl sites for hydroxylation is 1. The fraction of sp³-hybridized carbons (Fsp3) is 0.231. The maximum atomic E-state index is 13.7. The Bertz CT molecular complexity index is 560. The first-order chi connectivity index (χ1) is 8.13. The van der Waals surface area contributed by atoms with Gasteiger partial charge in [0.25, 0.3) is 0 Å². The molecule has 0 saturated carbocycles. The van der Waals surface area contributed by atoms with E-state index in [2.05, 4.69) is 4.98 Å². The van der Waals surface area contributed by atoms with E-state index in [0.717, 1.165) is 0 Å². The molecule has 4 heteroatoms. The highest BCUT2D eigenvalue weighted by Crippen LogP contribution is 2.22. The molecular weight excluding hydrogens is 219 g/mol. The lowest BCUT2D eigenvalue weighted by Crippen LogP contribution is -2.00. The Hall–Kier alpha value is -1.97. The highest BCUT2D eigenvalue weighted by Gasteiger charge is 2.12. The van der Waals surface area contributed by atoms with Crippen molar-refractivity contribution in [2.24, 2.45) is 0 Å². The molecule has 0 aliphatic carbocycles. The van der Waals surface area contributed by atoms with E-state index < -0.39 is 0 Å². The third kappa shape index (κ3) is 2.11. The van der Waals surface area contributed by atoms with Crippen molar-refractivity contribution in [1.29, 1.82) is 0 Å². The summed E-state index contributed by atoms with van der Waals surface area (Å²) in [6.07, 6.45) is 3.41. The average Bonchev–Trinajstić information content (AvgIpc) is 2.77. The quantitative estimate of drug-likeness (QED) is 0.762. The predicted octanol–water partition coefficient (Wildman–Crippen LogP) is 2.91. The zero-order valence-electron chi connectivity index (χ0n) is 9.77. The van der Waals surface area contributed by atoms with Crippen molar-refractivity contribution in [3.63, 3.8) is 0 Å². The molecule has 0 saturated heterocycles. The van der Waals surface area contributed by atoms with Gasteiger partial charge in [0.05, 0.1) is 5.56 Å². The van der Waals surface area contributed by atoms with Crippen LogP contribution in [0.15, 0.2) is 30.6 Å². The molecule has 0 bridgehead atoms. The second-order valence-corrected chi connectivity index (χ2v) is 3.79. The highest BCUT2D eigenvalue weighted by atomic mass is 19.1. The Morgan fingerprint density at radius 3 is 2.88 bits per heavy atom. The van der Waals surface area contributed by atoms with E-state index in [-0.39, 0.29) is 11.6 Å². The third-order valence-corrected chi connectivity index (χ3v) is 2.67. The number of carbonyl (C=O) groups excluding carboxylic acids is 1. The zero-order chi connectivity index (χ0) is 12.4. The minimum absolute atomic E-state index is 0.0825. The van der Waals surface area contributed by atoms with Gasteiger partial charge in [0.2, 0.25) is 0 Å². The summed E-state index contributed by atoms with van der Waals surface area (Å²) in [6.45, 7) is 4.13. The molecule has 0 aliphatic heterocycles. The van der Waals surface area contributed by atoms with Gasteiger partial charge in [0, 0.05) is 24.5 Å². The van der Waals surface area contributed by atoms with Crippen LogP contribution in [0.2, 0.25) is 0 Å². The van der Waals surface area contributed by atoms with Gasteiger partial charge in [-0.2, -0.15) is 0 Å². The first kappa shape index (κ1) is 11.5. The summed E-state index contributed by atoms with van der Waals surface area (Å²) in [4.78, 5) is 15.4. The molecule has 17 heavy (non-hydrogen) atoms. The van der Waals surface area contributed by atoms with E-state index in [1.54, 1.807) is 18.5 Å². The summed E-state index contributed by atoms with van der Waals surface area (Å²) in [7, 11) is 0. The van der Waals surface area contributed by atoms with Crippen LogP contribution in [0, 0.1) is 5.82 Å². The number of Topliss-reactive ketones (excluding diaryl/α,β-unsaturated/α-hetero) is 1. The van der Waals surface area contributed by atoms with Gasteiger partial charge >= 0.3 is 0 Å². The maximum absolute atomic E-state index is 13.7. The molecule has 0 atom stereocenters. The van der Waals surface area contributed by atoms with E-state index in [1.807, 2.05) is 11.5 Å². The Morgan fingerprint density at radius 1 is 1.47 bits per heavy atom. The number of ketones is 1. The molecule has 88 valence electrons. The predicted molar refractivity (Wildman–Crippen MR) is 63.3 cm³/mol. The van der Waals surface area contributed by atoms with Gasteiger partial charge in [-0.15, -0.1) is 0 Å². The van der Waals surface area contributed by atoms with Crippen molar-refractivity contribution in [2.45, 2.75) is 20.4 Å². The highest BCUT2D eigenvalue weighted by molar-refractivity contribution is 5.95. The fourth-order valence-electron chi connectivity index (χ4n) is 1.72. The average molecular weight is 232 g/mol. The van der Waals surface area contributed by atoms with Crippen LogP contribution in [-0.4, -0.2) is 15.3 Å². The van der Waals surface area contributed by atoms with Gasteiger partial charge in [-0.25, -0.2) is 9.37 Å². The van der Waals surface area contributed by atoms with Gasteiger partial charge < -0.3 is 4.57 Å². The van der Waals surface area contributed by atoms with Crippen molar-refractivity contribution in [3.8, 4) is 11.4 Å². The summed E-state index contributed by atoms with van der Waals surface area (Å²) in [5.74, 6) is 0.102. The summed E-state index contributed by atoms with van der Waals surface area (Å²) in [5.41, 5.74) is 0.858. The molecular formula is C13H13FN2O. The SMILES string of the molecule is CCn1ccnc1-c1cc(C(C)=O)ccc1F. The first-order valence-corrected chi connectivity index (χ1v) is 5.45. The van der Waals surface area contributed by atoms with E-state index in [9.17, 15) is 9.18 Å². The molecule has 0 N–H and O–H groups in total. The van der Waals surface area contributed by atoms with E-state index in [4.69, 9.17) is 0 Å². The Labute approximate surface area is 98.9 Å². The Balaban J connectivity index is 2.58. The Kier molecular flexibility index (Phi) is 3.04. The summed E-state index contributed by atoms with van der Waals surface area (Å²) >= 11 is 0. The standard InChI is InChI=1S/C13H13FN2O/c1-3-16-7-6-15-13(16)11-8-10(9(2)17)4-5-12(11)14/h4-8H,3H2,1-2H3. The van der Waals surface area contributed by atoms with Crippen LogP contribution in [-0.2, 0) is 6.54 Å². The van der Waals surface area contributed by atoms with Crippen LogP contribution in [0.25, 0.3) is 11.4 Å². The smallest absolute Gasteiger partial charge is 0.159 e. The third-order valence-electron chi connectivity index (χ3n) is 2.67. The molecule has 1 heterocycles. The summed E-state index contributed by atoms with van der Waals surface area (Å²) in [6, 6.07) is 4.34. The Morgan fingerprint density at radius 2 is 2.24 bits per heavy atom. The molecule has 0 aliphatic rings. The molecule has 3 nitrogen and oxygen atoms in total. The lowest BCUT2D eigenvalue weighted by Gasteiger charge is -2.07. The number of nitrogens with zero attached hydrogens (tertiary/aromatic N) is 2. The van der Waals surface area contributed by atoms with Crippen molar-refractivity contribution in [2.75, 3.05) is 0 Å². The molecule has 2 aromatic rings. The van der Waals surface area contributed by atoms with E-state index in [0.29, 0.717) is 23.5 Å². The molecule has 0 radical (unpaired) electrons. The van der Waals surface area contributed by atoms with Gasteiger partial charge in [0.1, 0.15) is 11.6 Å². The number of rotatable bonds is 3. The monoisotopic (exact) mass is 232 g/mol. The van der Waals surface area contributed by atoms with Gasteiger partial charge in [-0.05, 0) is 32.0 Å². The van der Waals surface area contributed by atoms with Crippen LogP contribution in [0.3, 0.4) is 0 Å². The fourth-order valence-corrected chi connectivity index (χ4v) is 1.72. The maximum Gasteiger partial charge on any atom is 0.159 e. The molecule has 0 amide bonds. The second-order valence-electron chi connectivity index (χ2n) is 3.79. The normalized spacial score (nSPS) is 10.5. The van der Waals surface area contributed by atoms with Gasteiger partial charge in [0.15, 0.2) is 5.78 Å². The molecule has 1 aromatic heterocycles. The minimum Gasteiger partial charge on any atom is -0.331 e. The van der Waals surface area contributed by atoms with Crippen LogP contribution in [0.1, 0.15) is 24.2 Å². The van der Waals surface area contributed by atoms with E-state index >= 15 is 0 Å². The summed E-state index contributed by atoms with van der Waals surface area (Å²) < 4.78 is 15.6. The molecule has 1 aromatic carbocycles. The lowest BCUT2D eigenvalue weighted by molar-refractivity contribution is 0.101. The van der Waals surface area contributed by atoms with Crippen molar-refractivity contribution < 1.29 is 9.18 Å². The van der Waals surface area contributed by atoms with Crippen LogP contribution < -0.4 is 0 Å². The number of imidazole rings is 1. The van der Waals surface area contributed by atoms with Gasteiger partial charge in [-0.1, -0.05) is 0 Å². The van der Waals surface area contributed by atoms with Crippen LogP contribution in [0.4, 0.5) is 4.39 Å². The molecule has 0 unspecified atom stereocenters. The number of carbonyl (C=O) groups is 1. The molecule has 0 spiro atoms. The minimum atomic E-state index is -0.365. The molecule has 0 fully saturated rings. The number of hydrogen-bond donors (Lipinski definition) is 0. The zero-order valence-corrected chi connectivity index (χ0v) is 9.77. The van der Waals surface area contributed by atoms with Crippen LogP contribution >= 0.6 is 0 Å². The summed E-state index contributed by atoms with van der Waals surface area (Å²) in [5, 5.41) is 0. The number of hydrogen-bond acceptors (Lipinski definition) is 2. The van der Waals surface area contributed by atoms with E-state index in [1.165, 1.54) is 19.1 Å². The first-order valence-electron chi connectivity index (χ1n) is 5.45. The van der Waals surface area contributed by atoms with Gasteiger partial charge in [-0.3, -0.25) is 4.79 Å². The van der Waals surface area contributed by atoms with Crippen molar-refractivity contribution >= 4 is 5.78 Å². The van der Waals surface area contributed by atoms with Crippen molar-refractivity contribution in [1.82, 2.24) is 9.55 Å². The lowest BCUT2D eigenvalue weighted by atomic mass is 10.1.